The van der Waals surface area contributed by atoms with Crippen LogP contribution in [0, 0.1) is 10.1 Å². The number of carbonyl (C=O) groups excluding carboxylic acids is 2. The Kier molecular flexibility index (Phi) is 6.98. The summed E-state index contributed by atoms with van der Waals surface area (Å²) < 4.78 is 0. The van der Waals surface area contributed by atoms with Gasteiger partial charge in [-0.05, 0) is 42.0 Å². The first-order chi connectivity index (χ1) is 16.5. The van der Waals surface area contributed by atoms with Crippen LogP contribution in [0.5, 0.6) is 0 Å². The van der Waals surface area contributed by atoms with Gasteiger partial charge >= 0.3 is 0 Å². The minimum atomic E-state index is -0.529. The fourth-order valence-electron chi connectivity index (χ4n) is 3.74. The molecule has 1 fully saturated rings. The van der Waals surface area contributed by atoms with Crippen LogP contribution in [0.2, 0.25) is 0 Å². The monoisotopic (exact) mass is 456 g/mol. The summed E-state index contributed by atoms with van der Waals surface area (Å²) in [5, 5.41) is 13.7. The van der Waals surface area contributed by atoms with Crippen LogP contribution in [0.3, 0.4) is 0 Å². The topological polar surface area (TPSA) is 95.8 Å². The van der Waals surface area contributed by atoms with Crippen LogP contribution in [0.1, 0.15) is 15.9 Å². The van der Waals surface area contributed by atoms with Crippen molar-refractivity contribution >= 4 is 35.0 Å². The van der Waals surface area contributed by atoms with Gasteiger partial charge in [0.2, 0.25) is 5.91 Å². The fraction of sp³-hybridized carbons (Fsp3) is 0.154. The van der Waals surface area contributed by atoms with Crippen LogP contribution in [0.4, 0.5) is 17.1 Å². The number of anilines is 2. The highest BCUT2D eigenvalue weighted by molar-refractivity contribution is 6.04. The van der Waals surface area contributed by atoms with E-state index in [-0.39, 0.29) is 17.2 Å². The maximum Gasteiger partial charge on any atom is 0.270 e. The number of nitro benzene ring substituents is 1. The lowest BCUT2D eigenvalue weighted by Crippen LogP contribution is -2.48. The molecule has 3 aromatic carbocycles. The molecule has 8 heteroatoms. The largest absolute Gasteiger partial charge is 0.368 e. The summed E-state index contributed by atoms with van der Waals surface area (Å²) in [7, 11) is 0. The molecule has 0 saturated carbocycles. The van der Waals surface area contributed by atoms with Gasteiger partial charge in [-0.25, -0.2) is 0 Å². The summed E-state index contributed by atoms with van der Waals surface area (Å²) in [6, 6.07) is 22.8. The van der Waals surface area contributed by atoms with Crippen molar-refractivity contribution in [3.05, 3.63) is 106 Å². The number of nitro groups is 1. The van der Waals surface area contributed by atoms with Crippen molar-refractivity contribution in [2.75, 3.05) is 36.4 Å². The second-order valence-corrected chi connectivity index (χ2v) is 7.86. The van der Waals surface area contributed by atoms with Crippen LogP contribution in [0.15, 0.2) is 84.9 Å². The highest BCUT2D eigenvalue weighted by Crippen LogP contribution is 2.21. The molecule has 34 heavy (non-hydrogen) atoms. The zero-order chi connectivity index (χ0) is 23.9. The molecule has 0 unspecified atom stereocenters. The first-order valence-corrected chi connectivity index (χ1v) is 10.9. The number of nitrogens with one attached hydrogen (secondary N) is 1. The third-order valence-electron chi connectivity index (χ3n) is 5.62. The van der Waals surface area contributed by atoms with Crippen molar-refractivity contribution in [3.8, 4) is 0 Å². The summed E-state index contributed by atoms with van der Waals surface area (Å²) in [6.07, 6.45) is 3.44. The molecule has 3 aromatic rings. The van der Waals surface area contributed by atoms with Crippen LogP contribution < -0.4 is 10.2 Å². The van der Waals surface area contributed by atoms with Gasteiger partial charge in [0.25, 0.3) is 11.6 Å². The lowest BCUT2D eigenvalue weighted by atomic mass is 10.1. The Morgan fingerprint density at radius 3 is 2.26 bits per heavy atom. The van der Waals surface area contributed by atoms with Gasteiger partial charge in [-0.3, -0.25) is 19.7 Å². The predicted molar refractivity (Wildman–Crippen MR) is 132 cm³/mol. The van der Waals surface area contributed by atoms with Crippen LogP contribution in [-0.2, 0) is 4.79 Å². The van der Waals surface area contributed by atoms with E-state index in [2.05, 4.69) is 10.2 Å². The molecule has 2 amide bonds. The molecule has 0 aliphatic carbocycles. The van der Waals surface area contributed by atoms with Crippen molar-refractivity contribution in [2.45, 2.75) is 0 Å². The molecule has 1 N–H and O–H groups in total. The minimum Gasteiger partial charge on any atom is -0.368 e. The first-order valence-electron chi connectivity index (χ1n) is 10.9. The maximum atomic E-state index is 12.5. The average Bonchev–Trinajstić information content (AvgIpc) is 2.88. The predicted octanol–water partition coefficient (Wildman–Crippen LogP) is 4.21. The minimum absolute atomic E-state index is 0.00251. The van der Waals surface area contributed by atoms with Crippen molar-refractivity contribution < 1.29 is 14.5 Å². The van der Waals surface area contributed by atoms with E-state index in [4.69, 9.17) is 0 Å². The Morgan fingerprint density at radius 2 is 1.59 bits per heavy atom. The summed E-state index contributed by atoms with van der Waals surface area (Å²) in [4.78, 5) is 39.3. The summed E-state index contributed by atoms with van der Waals surface area (Å²) in [5.41, 5.74) is 2.68. The number of benzene rings is 3. The third kappa shape index (κ3) is 5.66. The van der Waals surface area contributed by atoms with Gasteiger partial charge in [-0.2, -0.15) is 0 Å². The van der Waals surface area contributed by atoms with Crippen LogP contribution in [-0.4, -0.2) is 47.8 Å². The average molecular weight is 457 g/mol. The van der Waals surface area contributed by atoms with E-state index in [0.29, 0.717) is 31.9 Å². The maximum absolute atomic E-state index is 12.5. The Bertz CT molecular complexity index is 1200. The Hall–Kier alpha value is -4.46. The molecule has 172 valence electrons. The number of nitrogens with zero attached hydrogens (tertiary/aromatic N) is 3. The SMILES string of the molecule is O=C(Nc1ccc(N2CCN(C(=O)/C=C/c3ccccc3)CC2)cc1)c1cccc([N+](=O)[O-])c1. The summed E-state index contributed by atoms with van der Waals surface area (Å²) in [6.45, 7) is 2.68. The third-order valence-corrected chi connectivity index (χ3v) is 5.62. The Morgan fingerprint density at radius 1 is 0.882 bits per heavy atom. The van der Waals surface area contributed by atoms with Gasteiger partial charge in [0.15, 0.2) is 0 Å². The number of non-ortho nitro benzene ring substituents is 1. The highest BCUT2D eigenvalue weighted by atomic mass is 16.6. The van der Waals surface area contributed by atoms with E-state index in [9.17, 15) is 19.7 Å². The van der Waals surface area contributed by atoms with E-state index in [1.54, 1.807) is 18.2 Å². The van der Waals surface area contributed by atoms with E-state index in [1.165, 1.54) is 24.3 Å². The van der Waals surface area contributed by atoms with E-state index < -0.39 is 10.8 Å². The molecule has 1 heterocycles. The highest BCUT2D eigenvalue weighted by Gasteiger charge is 2.20. The Labute approximate surface area is 197 Å². The second-order valence-electron chi connectivity index (χ2n) is 7.86. The molecule has 0 atom stereocenters. The zero-order valence-corrected chi connectivity index (χ0v) is 18.5. The van der Waals surface area contributed by atoms with Crippen molar-refractivity contribution in [2.24, 2.45) is 0 Å². The van der Waals surface area contributed by atoms with Gasteiger partial charge in [-0.1, -0.05) is 36.4 Å². The summed E-state index contributed by atoms with van der Waals surface area (Å²) >= 11 is 0. The van der Waals surface area contributed by atoms with Gasteiger partial charge in [0.1, 0.15) is 0 Å². The smallest absolute Gasteiger partial charge is 0.270 e. The molecule has 1 aliphatic heterocycles. The fourth-order valence-corrected chi connectivity index (χ4v) is 3.74. The number of hydrogen-bond acceptors (Lipinski definition) is 5. The summed E-state index contributed by atoms with van der Waals surface area (Å²) in [5.74, 6) is -0.408. The number of amides is 2. The number of hydrogen-bond donors (Lipinski definition) is 1. The quantitative estimate of drug-likeness (QED) is 0.341. The molecule has 4 rings (SSSR count). The molecule has 0 spiro atoms. The zero-order valence-electron chi connectivity index (χ0n) is 18.5. The van der Waals surface area contributed by atoms with E-state index in [1.807, 2.05) is 53.4 Å². The molecular formula is C26H24N4O4. The number of rotatable bonds is 6. The van der Waals surface area contributed by atoms with Crippen molar-refractivity contribution in [1.82, 2.24) is 4.90 Å². The molecule has 0 radical (unpaired) electrons. The molecular weight excluding hydrogens is 432 g/mol. The van der Waals surface area contributed by atoms with Gasteiger partial charge in [-0.15, -0.1) is 0 Å². The van der Waals surface area contributed by atoms with E-state index in [0.717, 1.165) is 11.3 Å². The van der Waals surface area contributed by atoms with Crippen molar-refractivity contribution in [1.29, 1.82) is 0 Å². The lowest BCUT2D eigenvalue weighted by Gasteiger charge is -2.35. The normalized spacial score (nSPS) is 13.6. The first kappa shape index (κ1) is 22.7. The lowest BCUT2D eigenvalue weighted by molar-refractivity contribution is -0.384. The number of piperazine rings is 1. The van der Waals surface area contributed by atoms with E-state index >= 15 is 0 Å². The standard InChI is InChI=1S/C26H24N4O4/c31-25(14-9-20-5-2-1-3-6-20)29-17-15-28(16-18-29)23-12-10-22(11-13-23)27-26(32)21-7-4-8-24(19-21)30(33)34/h1-14,19H,15-18H2,(H,27,32)/b14-9+. The van der Waals surface area contributed by atoms with Crippen LogP contribution in [0.25, 0.3) is 6.08 Å². The molecule has 1 aliphatic rings. The van der Waals surface area contributed by atoms with Gasteiger partial charge < -0.3 is 15.1 Å². The Balaban J connectivity index is 1.30. The molecule has 8 nitrogen and oxygen atoms in total. The van der Waals surface area contributed by atoms with Gasteiger partial charge in [0.05, 0.1) is 4.92 Å². The molecule has 0 bridgehead atoms. The van der Waals surface area contributed by atoms with Crippen molar-refractivity contribution in [3.63, 3.8) is 0 Å². The van der Waals surface area contributed by atoms with Crippen LogP contribution >= 0.6 is 0 Å². The number of carbonyl (C=O) groups is 2. The second kappa shape index (κ2) is 10.4. The molecule has 1 saturated heterocycles. The molecule has 0 aromatic heterocycles. The van der Waals surface area contributed by atoms with Gasteiger partial charge in [0, 0.05) is 61.3 Å².